The molecule has 0 bridgehead atoms. The van der Waals surface area contributed by atoms with Gasteiger partial charge < -0.3 is 10.1 Å². The SMILES string of the molecule is N#Cc1sc(NC(=O)C2CCCCC2OC=O)nc1-c1cccc(F)c1. The smallest absolute Gasteiger partial charge is 0.293 e. The van der Waals surface area contributed by atoms with Gasteiger partial charge in [-0.2, -0.15) is 5.26 Å². The third kappa shape index (κ3) is 3.89. The molecule has 0 aliphatic heterocycles. The first-order valence-electron chi connectivity index (χ1n) is 8.19. The van der Waals surface area contributed by atoms with E-state index in [-0.39, 0.29) is 15.9 Å². The molecule has 1 amide bonds. The summed E-state index contributed by atoms with van der Waals surface area (Å²) in [6.07, 6.45) is 2.61. The molecule has 1 heterocycles. The van der Waals surface area contributed by atoms with Crippen LogP contribution in [0.4, 0.5) is 9.52 Å². The minimum atomic E-state index is -0.445. The van der Waals surface area contributed by atoms with E-state index in [1.807, 2.05) is 6.07 Å². The number of ether oxygens (including phenoxy) is 1. The second-order valence-corrected chi connectivity index (χ2v) is 6.97. The molecule has 3 rings (SSSR count). The van der Waals surface area contributed by atoms with E-state index < -0.39 is 17.8 Å². The van der Waals surface area contributed by atoms with Gasteiger partial charge in [-0.25, -0.2) is 9.37 Å². The number of nitrogens with one attached hydrogen (secondary N) is 1. The van der Waals surface area contributed by atoms with E-state index in [1.165, 1.54) is 18.2 Å². The van der Waals surface area contributed by atoms with Crippen LogP contribution in [0.2, 0.25) is 0 Å². The fraction of sp³-hybridized carbons (Fsp3) is 0.333. The number of hydrogen-bond donors (Lipinski definition) is 1. The van der Waals surface area contributed by atoms with Gasteiger partial charge in [0.05, 0.1) is 5.92 Å². The third-order valence-electron chi connectivity index (χ3n) is 4.33. The molecule has 1 N–H and O–H groups in total. The van der Waals surface area contributed by atoms with E-state index in [2.05, 4.69) is 10.3 Å². The lowest BCUT2D eigenvalue weighted by Crippen LogP contribution is -2.36. The van der Waals surface area contributed by atoms with Crippen molar-refractivity contribution in [3.8, 4) is 17.3 Å². The summed E-state index contributed by atoms with van der Waals surface area (Å²) >= 11 is 1.03. The van der Waals surface area contributed by atoms with Gasteiger partial charge in [-0.05, 0) is 31.4 Å². The Hall–Kier alpha value is -2.79. The minimum Gasteiger partial charge on any atom is -0.464 e. The largest absolute Gasteiger partial charge is 0.464 e. The molecule has 2 aromatic rings. The number of amides is 1. The lowest BCUT2D eigenvalue weighted by molar-refractivity contribution is -0.141. The number of carbonyl (C=O) groups is 2. The van der Waals surface area contributed by atoms with Crippen LogP contribution in [0, 0.1) is 23.1 Å². The van der Waals surface area contributed by atoms with Crippen molar-refractivity contribution in [3.63, 3.8) is 0 Å². The predicted molar refractivity (Wildman–Crippen MR) is 93.7 cm³/mol. The molecule has 134 valence electrons. The quantitative estimate of drug-likeness (QED) is 0.810. The summed E-state index contributed by atoms with van der Waals surface area (Å²) in [7, 11) is 0. The Labute approximate surface area is 153 Å². The van der Waals surface area contributed by atoms with Crippen molar-refractivity contribution in [1.29, 1.82) is 5.26 Å². The van der Waals surface area contributed by atoms with Crippen LogP contribution >= 0.6 is 11.3 Å². The number of carbonyl (C=O) groups excluding carboxylic acids is 2. The zero-order valence-corrected chi connectivity index (χ0v) is 14.6. The molecule has 26 heavy (non-hydrogen) atoms. The number of thiazole rings is 1. The monoisotopic (exact) mass is 373 g/mol. The average molecular weight is 373 g/mol. The van der Waals surface area contributed by atoms with E-state index in [0.717, 1.165) is 24.2 Å². The lowest BCUT2D eigenvalue weighted by atomic mass is 9.86. The molecule has 1 fully saturated rings. The summed E-state index contributed by atoms with van der Waals surface area (Å²) in [5.41, 5.74) is 0.801. The maximum Gasteiger partial charge on any atom is 0.293 e. The van der Waals surface area contributed by atoms with E-state index in [4.69, 9.17) is 4.74 Å². The lowest BCUT2D eigenvalue weighted by Gasteiger charge is -2.28. The van der Waals surface area contributed by atoms with Crippen LogP contribution in [0.25, 0.3) is 11.3 Å². The standard InChI is InChI=1S/C18H16FN3O3S/c19-12-5-3-4-11(8-12)16-15(9-20)26-18(21-16)22-17(24)13-6-1-2-7-14(13)25-10-23/h3-5,8,10,13-14H,1-2,6-7H2,(H,21,22,24). The van der Waals surface area contributed by atoms with Gasteiger partial charge in [0.1, 0.15) is 28.6 Å². The number of hydrogen-bond acceptors (Lipinski definition) is 6. The van der Waals surface area contributed by atoms with Gasteiger partial charge in [0.25, 0.3) is 6.47 Å². The van der Waals surface area contributed by atoms with E-state index in [9.17, 15) is 19.2 Å². The molecular formula is C18H16FN3O3S. The van der Waals surface area contributed by atoms with Crippen molar-refractivity contribution in [3.05, 3.63) is 35.0 Å². The summed E-state index contributed by atoms with van der Waals surface area (Å²) in [6, 6.07) is 7.81. The molecule has 0 saturated heterocycles. The van der Waals surface area contributed by atoms with Crippen molar-refractivity contribution < 1.29 is 18.7 Å². The van der Waals surface area contributed by atoms with Gasteiger partial charge in [-0.15, -0.1) is 0 Å². The van der Waals surface area contributed by atoms with E-state index in [1.54, 1.807) is 6.07 Å². The number of aromatic nitrogens is 1. The average Bonchev–Trinajstić information content (AvgIpc) is 3.05. The number of nitrogens with zero attached hydrogens (tertiary/aromatic N) is 2. The van der Waals surface area contributed by atoms with Gasteiger partial charge in [0.2, 0.25) is 5.91 Å². The molecule has 2 unspecified atom stereocenters. The molecule has 0 spiro atoms. The topological polar surface area (TPSA) is 92.1 Å². The van der Waals surface area contributed by atoms with E-state index in [0.29, 0.717) is 30.6 Å². The molecular weight excluding hydrogens is 357 g/mol. The van der Waals surface area contributed by atoms with Crippen molar-refractivity contribution in [2.24, 2.45) is 5.92 Å². The molecule has 8 heteroatoms. The highest BCUT2D eigenvalue weighted by atomic mass is 32.1. The van der Waals surface area contributed by atoms with Crippen LogP contribution in [0.5, 0.6) is 0 Å². The third-order valence-corrected chi connectivity index (χ3v) is 5.20. The second-order valence-electron chi connectivity index (χ2n) is 5.97. The van der Waals surface area contributed by atoms with Crippen LogP contribution in [0.15, 0.2) is 24.3 Å². The molecule has 1 aromatic carbocycles. The van der Waals surface area contributed by atoms with Crippen LogP contribution in [-0.4, -0.2) is 23.5 Å². The fourth-order valence-corrected chi connectivity index (χ4v) is 3.90. The molecule has 1 aliphatic rings. The van der Waals surface area contributed by atoms with Gasteiger partial charge in [-0.3, -0.25) is 9.59 Å². The van der Waals surface area contributed by atoms with Crippen molar-refractivity contribution in [1.82, 2.24) is 4.98 Å². The highest BCUT2D eigenvalue weighted by Gasteiger charge is 2.33. The van der Waals surface area contributed by atoms with E-state index >= 15 is 0 Å². The highest BCUT2D eigenvalue weighted by molar-refractivity contribution is 7.16. The predicted octanol–water partition coefficient (Wildman–Crippen LogP) is 3.49. The highest BCUT2D eigenvalue weighted by Crippen LogP contribution is 2.32. The molecule has 1 saturated carbocycles. The maximum absolute atomic E-state index is 13.4. The first-order chi connectivity index (χ1) is 12.6. The Balaban J connectivity index is 1.81. The van der Waals surface area contributed by atoms with Crippen LogP contribution < -0.4 is 5.32 Å². The second kappa shape index (κ2) is 8.06. The Morgan fingerprint density at radius 1 is 1.42 bits per heavy atom. The minimum absolute atomic E-state index is 0.265. The normalized spacial score (nSPS) is 19.4. The van der Waals surface area contributed by atoms with Gasteiger partial charge in [0.15, 0.2) is 5.13 Å². The zero-order chi connectivity index (χ0) is 18.5. The Morgan fingerprint density at radius 2 is 2.23 bits per heavy atom. The molecule has 0 radical (unpaired) electrons. The number of rotatable bonds is 5. The molecule has 2 atom stereocenters. The van der Waals surface area contributed by atoms with Crippen molar-refractivity contribution in [2.45, 2.75) is 31.8 Å². The summed E-state index contributed by atoms with van der Waals surface area (Å²) in [5, 5.41) is 12.3. The van der Waals surface area contributed by atoms with Crippen LogP contribution in [0.1, 0.15) is 30.6 Å². The van der Waals surface area contributed by atoms with Gasteiger partial charge in [-0.1, -0.05) is 29.9 Å². The number of nitriles is 1. The van der Waals surface area contributed by atoms with Crippen LogP contribution in [0.3, 0.4) is 0 Å². The summed E-state index contributed by atoms with van der Waals surface area (Å²) in [6.45, 7) is 0.371. The number of halogens is 1. The van der Waals surface area contributed by atoms with Gasteiger partial charge in [0, 0.05) is 5.56 Å². The maximum atomic E-state index is 13.4. The fourth-order valence-electron chi connectivity index (χ4n) is 3.11. The Bertz CT molecular complexity index is 862. The van der Waals surface area contributed by atoms with Crippen LogP contribution in [-0.2, 0) is 14.3 Å². The Kier molecular flexibility index (Phi) is 5.58. The van der Waals surface area contributed by atoms with Crippen molar-refractivity contribution in [2.75, 3.05) is 5.32 Å². The summed E-state index contributed by atoms with van der Waals surface area (Å²) in [4.78, 5) is 27.8. The van der Waals surface area contributed by atoms with Crippen molar-refractivity contribution >= 4 is 28.8 Å². The first-order valence-corrected chi connectivity index (χ1v) is 9.01. The summed E-state index contributed by atoms with van der Waals surface area (Å²) < 4.78 is 18.5. The first kappa shape index (κ1) is 18.0. The molecule has 1 aliphatic carbocycles. The summed E-state index contributed by atoms with van der Waals surface area (Å²) in [5.74, 6) is -1.16. The van der Waals surface area contributed by atoms with Gasteiger partial charge >= 0.3 is 0 Å². The Morgan fingerprint density at radius 3 is 2.96 bits per heavy atom. The number of benzene rings is 1. The number of anilines is 1. The zero-order valence-electron chi connectivity index (χ0n) is 13.8. The molecule has 6 nitrogen and oxygen atoms in total. The molecule has 1 aromatic heterocycles.